The first-order chi connectivity index (χ1) is 7.06. The summed E-state index contributed by atoms with van der Waals surface area (Å²) in [5.41, 5.74) is 0.803. The molecule has 0 N–H and O–H groups in total. The average molecular weight is 210 g/mol. The Morgan fingerprint density at radius 1 is 1.47 bits per heavy atom. The summed E-state index contributed by atoms with van der Waals surface area (Å²) >= 11 is 0. The highest BCUT2D eigenvalue weighted by molar-refractivity contribution is 5.96. The second-order valence-electron chi connectivity index (χ2n) is 3.50. The maximum absolute atomic E-state index is 13.2. The second-order valence-corrected chi connectivity index (χ2v) is 3.50. The molecule has 0 saturated heterocycles. The number of ketones is 1. The molecule has 2 nitrogen and oxygen atoms in total. The van der Waals surface area contributed by atoms with E-state index in [1.165, 1.54) is 13.0 Å². The number of Topliss-reactive ketones (excluding diaryl/α,β-unsaturated/α-hetero) is 1. The van der Waals surface area contributed by atoms with Crippen molar-refractivity contribution in [3.8, 4) is 5.75 Å². The van der Waals surface area contributed by atoms with Crippen LogP contribution in [0.3, 0.4) is 0 Å². The van der Waals surface area contributed by atoms with Crippen molar-refractivity contribution in [2.24, 2.45) is 0 Å². The Bertz CT molecular complexity index is 372. The second kappa shape index (κ2) is 4.91. The lowest BCUT2D eigenvalue weighted by Gasteiger charge is -2.10. The zero-order valence-corrected chi connectivity index (χ0v) is 9.26. The van der Waals surface area contributed by atoms with Crippen LogP contribution in [0.15, 0.2) is 12.1 Å². The molecule has 1 aromatic rings. The number of halogens is 1. The van der Waals surface area contributed by atoms with Crippen molar-refractivity contribution in [1.82, 2.24) is 0 Å². The minimum Gasteiger partial charge on any atom is -0.493 e. The number of rotatable bonds is 4. The third-order valence-electron chi connectivity index (χ3n) is 2.10. The summed E-state index contributed by atoms with van der Waals surface area (Å²) in [4.78, 5) is 11.2. The largest absolute Gasteiger partial charge is 0.493 e. The molecule has 0 spiro atoms. The standard InChI is InChI=1S/C12H15FO2/c1-4-5-15-12-6-8(2)11(13)7-10(12)9(3)14/h6-7H,4-5H2,1-3H3. The zero-order chi connectivity index (χ0) is 11.4. The number of hydrogen-bond donors (Lipinski definition) is 0. The fourth-order valence-electron chi connectivity index (χ4n) is 1.26. The minimum absolute atomic E-state index is 0.181. The molecule has 0 saturated carbocycles. The van der Waals surface area contributed by atoms with Gasteiger partial charge in [-0.25, -0.2) is 4.39 Å². The van der Waals surface area contributed by atoms with E-state index in [1.54, 1.807) is 13.0 Å². The van der Waals surface area contributed by atoms with Gasteiger partial charge in [-0.2, -0.15) is 0 Å². The van der Waals surface area contributed by atoms with Gasteiger partial charge in [-0.1, -0.05) is 6.92 Å². The summed E-state index contributed by atoms with van der Waals surface area (Å²) in [5, 5.41) is 0. The van der Waals surface area contributed by atoms with Gasteiger partial charge in [0, 0.05) is 0 Å². The molecule has 1 aromatic carbocycles. The highest BCUT2D eigenvalue weighted by atomic mass is 19.1. The van der Waals surface area contributed by atoms with Gasteiger partial charge in [0.2, 0.25) is 0 Å². The van der Waals surface area contributed by atoms with Gasteiger partial charge in [0.15, 0.2) is 5.78 Å². The van der Waals surface area contributed by atoms with Crippen LogP contribution in [0.4, 0.5) is 4.39 Å². The van der Waals surface area contributed by atoms with E-state index in [1.807, 2.05) is 6.92 Å². The first-order valence-corrected chi connectivity index (χ1v) is 5.00. The predicted octanol–water partition coefficient (Wildman–Crippen LogP) is 3.13. The van der Waals surface area contributed by atoms with Crippen molar-refractivity contribution in [1.29, 1.82) is 0 Å². The number of carbonyl (C=O) groups excluding carboxylic acids is 1. The lowest BCUT2D eigenvalue weighted by Crippen LogP contribution is -2.03. The van der Waals surface area contributed by atoms with Crippen molar-refractivity contribution in [2.45, 2.75) is 27.2 Å². The van der Waals surface area contributed by atoms with Gasteiger partial charge in [-0.15, -0.1) is 0 Å². The van der Waals surface area contributed by atoms with E-state index in [2.05, 4.69) is 0 Å². The first-order valence-electron chi connectivity index (χ1n) is 5.00. The van der Waals surface area contributed by atoms with Crippen molar-refractivity contribution in [3.05, 3.63) is 29.1 Å². The fourth-order valence-corrected chi connectivity index (χ4v) is 1.26. The van der Waals surface area contributed by atoms with Gasteiger partial charge in [-0.3, -0.25) is 4.79 Å². The Morgan fingerprint density at radius 2 is 2.13 bits per heavy atom. The molecule has 1 rings (SSSR count). The van der Waals surface area contributed by atoms with E-state index in [9.17, 15) is 9.18 Å². The van der Waals surface area contributed by atoms with Gasteiger partial charge in [0.05, 0.1) is 12.2 Å². The zero-order valence-electron chi connectivity index (χ0n) is 9.26. The lowest BCUT2D eigenvalue weighted by atomic mass is 10.1. The molecule has 0 atom stereocenters. The molecule has 82 valence electrons. The molecule has 0 amide bonds. The van der Waals surface area contributed by atoms with Gasteiger partial charge in [0.25, 0.3) is 0 Å². The topological polar surface area (TPSA) is 26.3 Å². The van der Waals surface area contributed by atoms with Crippen LogP contribution in [0.2, 0.25) is 0 Å². The summed E-state index contributed by atoms with van der Waals surface area (Å²) in [6.45, 7) is 5.57. The van der Waals surface area contributed by atoms with E-state index >= 15 is 0 Å². The SMILES string of the molecule is CCCOc1cc(C)c(F)cc1C(C)=O. The van der Waals surface area contributed by atoms with Gasteiger partial charge in [-0.05, 0) is 38.0 Å². The van der Waals surface area contributed by atoms with Gasteiger partial charge >= 0.3 is 0 Å². The van der Waals surface area contributed by atoms with Crippen LogP contribution < -0.4 is 4.74 Å². The summed E-state index contributed by atoms with van der Waals surface area (Å²) in [6, 6.07) is 2.81. The number of aryl methyl sites for hydroxylation is 1. The van der Waals surface area contributed by atoms with Crippen LogP contribution in [0, 0.1) is 12.7 Å². The van der Waals surface area contributed by atoms with Gasteiger partial charge in [0.1, 0.15) is 11.6 Å². The molecule has 0 radical (unpaired) electrons. The fraction of sp³-hybridized carbons (Fsp3) is 0.417. The highest BCUT2D eigenvalue weighted by Crippen LogP contribution is 2.23. The van der Waals surface area contributed by atoms with Crippen LogP contribution in [0.1, 0.15) is 36.2 Å². The van der Waals surface area contributed by atoms with Crippen molar-refractivity contribution < 1.29 is 13.9 Å². The summed E-state index contributed by atoms with van der Waals surface area (Å²) in [5.74, 6) is -0.0766. The third kappa shape index (κ3) is 2.78. The van der Waals surface area contributed by atoms with E-state index in [4.69, 9.17) is 4.74 Å². The lowest BCUT2D eigenvalue weighted by molar-refractivity contribution is 0.101. The minimum atomic E-state index is -0.371. The van der Waals surface area contributed by atoms with E-state index < -0.39 is 0 Å². The number of benzene rings is 1. The van der Waals surface area contributed by atoms with E-state index in [0.717, 1.165) is 6.42 Å². The Balaban J connectivity index is 3.10. The number of ether oxygens (including phenoxy) is 1. The average Bonchev–Trinajstić information content (AvgIpc) is 2.19. The summed E-state index contributed by atoms with van der Waals surface area (Å²) in [7, 11) is 0. The summed E-state index contributed by atoms with van der Waals surface area (Å²) in [6.07, 6.45) is 0.855. The highest BCUT2D eigenvalue weighted by Gasteiger charge is 2.11. The molecule has 0 aliphatic heterocycles. The van der Waals surface area contributed by atoms with Crippen molar-refractivity contribution >= 4 is 5.78 Å². The molecule has 0 bridgehead atoms. The van der Waals surface area contributed by atoms with Crippen molar-refractivity contribution in [2.75, 3.05) is 6.61 Å². The predicted molar refractivity (Wildman–Crippen MR) is 56.9 cm³/mol. The first kappa shape index (κ1) is 11.7. The molecule has 0 aromatic heterocycles. The molecule has 15 heavy (non-hydrogen) atoms. The quantitative estimate of drug-likeness (QED) is 0.714. The van der Waals surface area contributed by atoms with Gasteiger partial charge < -0.3 is 4.74 Å². The van der Waals surface area contributed by atoms with Crippen LogP contribution in [-0.2, 0) is 0 Å². The van der Waals surface area contributed by atoms with E-state index in [-0.39, 0.29) is 11.6 Å². The molecule has 0 aliphatic rings. The monoisotopic (exact) mass is 210 g/mol. The maximum atomic E-state index is 13.2. The van der Waals surface area contributed by atoms with Crippen LogP contribution in [0.5, 0.6) is 5.75 Å². The Labute approximate surface area is 89.1 Å². The molecule has 3 heteroatoms. The Kier molecular flexibility index (Phi) is 3.83. The van der Waals surface area contributed by atoms with Crippen LogP contribution in [0.25, 0.3) is 0 Å². The summed E-state index contributed by atoms with van der Waals surface area (Å²) < 4.78 is 18.6. The van der Waals surface area contributed by atoms with Crippen LogP contribution >= 0.6 is 0 Å². The molecule has 0 fully saturated rings. The van der Waals surface area contributed by atoms with E-state index in [0.29, 0.717) is 23.5 Å². The normalized spacial score (nSPS) is 10.1. The number of carbonyl (C=O) groups is 1. The molecule has 0 heterocycles. The molecule has 0 aliphatic carbocycles. The Hall–Kier alpha value is -1.38. The third-order valence-corrected chi connectivity index (χ3v) is 2.10. The smallest absolute Gasteiger partial charge is 0.163 e. The maximum Gasteiger partial charge on any atom is 0.163 e. The van der Waals surface area contributed by atoms with Crippen molar-refractivity contribution in [3.63, 3.8) is 0 Å². The molecular weight excluding hydrogens is 195 g/mol. The van der Waals surface area contributed by atoms with Crippen LogP contribution in [-0.4, -0.2) is 12.4 Å². The Morgan fingerprint density at radius 3 is 2.67 bits per heavy atom. The molecule has 0 unspecified atom stereocenters. The number of hydrogen-bond acceptors (Lipinski definition) is 2. The molecular formula is C12H15FO2.